The van der Waals surface area contributed by atoms with Crippen LogP contribution in [0.15, 0.2) is 10.9 Å². The molecule has 0 aromatic carbocycles. The molecule has 0 bridgehead atoms. The molecule has 0 aliphatic carbocycles. The quantitative estimate of drug-likeness (QED) is 0.822. The summed E-state index contributed by atoms with van der Waals surface area (Å²) in [5.74, 6) is 5.15. The van der Waals surface area contributed by atoms with Crippen LogP contribution in [0.5, 0.6) is 0 Å². The molecule has 116 valence electrons. The highest BCUT2D eigenvalue weighted by Crippen LogP contribution is 2.21. The average Bonchev–Trinajstić information content (AvgIpc) is 2.76. The first kappa shape index (κ1) is 15.6. The topological polar surface area (TPSA) is 36.4 Å². The molecule has 0 spiro atoms. The minimum absolute atomic E-state index is 0.0997. The summed E-state index contributed by atoms with van der Waals surface area (Å²) in [7, 11) is 0. The maximum Gasteiger partial charge on any atom is 0.273 e. The molecule has 0 radical (unpaired) electrons. The van der Waals surface area contributed by atoms with Crippen LogP contribution in [0.4, 0.5) is 0 Å². The third-order valence-corrected chi connectivity index (χ3v) is 7.05. The number of hydrogen-bond acceptors (Lipinski definition) is 6. The van der Waals surface area contributed by atoms with Gasteiger partial charge in [0, 0.05) is 60.6 Å². The van der Waals surface area contributed by atoms with Crippen LogP contribution in [0.3, 0.4) is 0 Å². The van der Waals surface area contributed by atoms with E-state index < -0.39 is 0 Å². The maximum atomic E-state index is 12.4. The van der Waals surface area contributed by atoms with E-state index in [9.17, 15) is 4.79 Å². The van der Waals surface area contributed by atoms with E-state index in [0.29, 0.717) is 11.7 Å². The zero-order valence-electron chi connectivity index (χ0n) is 12.1. The molecule has 1 aromatic rings. The summed E-state index contributed by atoms with van der Waals surface area (Å²) in [5, 5.41) is 1.85. The fourth-order valence-corrected chi connectivity index (χ4v) is 5.95. The van der Waals surface area contributed by atoms with Gasteiger partial charge in [-0.1, -0.05) is 0 Å². The van der Waals surface area contributed by atoms with Crippen LogP contribution in [0.25, 0.3) is 0 Å². The van der Waals surface area contributed by atoms with Crippen molar-refractivity contribution in [1.82, 2.24) is 14.8 Å². The van der Waals surface area contributed by atoms with Crippen molar-refractivity contribution >= 4 is 40.8 Å². The molecular formula is C14H21N3OS3. The van der Waals surface area contributed by atoms with Gasteiger partial charge in [0.25, 0.3) is 5.91 Å². The Bertz CT molecular complexity index is 446. The Balaban J connectivity index is 1.57. The standard InChI is InChI=1S/C14H21N3OS3/c18-14(13-10-21-11-15-13)17-3-1-2-16(4-5-17)12-8-19-6-7-20-9-12/h10-12H,1-9H2. The number of carbonyl (C=O) groups is 1. The van der Waals surface area contributed by atoms with Crippen molar-refractivity contribution in [3.8, 4) is 0 Å². The molecule has 7 heteroatoms. The molecule has 2 saturated heterocycles. The van der Waals surface area contributed by atoms with Crippen molar-refractivity contribution in [3.05, 3.63) is 16.6 Å². The summed E-state index contributed by atoms with van der Waals surface area (Å²) >= 11 is 5.64. The predicted molar refractivity (Wildman–Crippen MR) is 92.6 cm³/mol. The first-order valence-electron chi connectivity index (χ1n) is 7.41. The molecule has 0 N–H and O–H groups in total. The van der Waals surface area contributed by atoms with Crippen molar-refractivity contribution in [3.63, 3.8) is 0 Å². The number of carbonyl (C=O) groups excluding carboxylic acids is 1. The Morgan fingerprint density at radius 3 is 2.67 bits per heavy atom. The van der Waals surface area contributed by atoms with Crippen molar-refractivity contribution in [2.75, 3.05) is 49.2 Å². The molecular weight excluding hydrogens is 322 g/mol. The van der Waals surface area contributed by atoms with Gasteiger partial charge in [-0.3, -0.25) is 9.69 Å². The Morgan fingerprint density at radius 1 is 1.14 bits per heavy atom. The molecule has 0 saturated carbocycles. The Morgan fingerprint density at radius 2 is 1.95 bits per heavy atom. The van der Waals surface area contributed by atoms with Crippen molar-refractivity contribution in [2.45, 2.75) is 12.5 Å². The summed E-state index contributed by atoms with van der Waals surface area (Å²) in [6, 6.07) is 0.678. The highest BCUT2D eigenvalue weighted by Gasteiger charge is 2.26. The molecule has 0 unspecified atom stereocenters. The molecule has 21 heavy (non-hydrogen) atoms. The van der Waals surface area contributed by atoms with Gasteiger partial charge in [-0.05, 0) is 6.42 Å². The van der Waals surface area contributed by atoms with E-state index in [2.05, 4.69) is 33.4 Å². The Kier molecular flexibility index (Phi) is 5.85. The van der Waals surface area contributed by atoms with Gasteiger partial charge < -0.3 is 4.90 Å². The minimum atomic E-state index is 0.0997. The van der Waals surface area contributed by atoms with Crippen LogP contribution in [0, 0.1) is 0 Å². The first-order valence-corrected chi connectivity index (χ1v) is 10.7. The largest absolute Gasteiger partial charge is 0.336 e. The molecule has 2 aliphatic heterocycles. The fourth-order valence-electron chi connectivity index (χ4n) is 2.80. The van der Waals surface area contributed by atoms with Crippen LogP contribution in [0.1, 0.15) is 16.9 Å². The molecule has 4 nitrogen and oxygen atoms in total. The second-order valence-electron chi connectivity index (χ2n) is 5.36. The van der Waals surface area contributed by atoms with Crippen LogP contribution in [-0.2, 0) is 0 Å². The molecule has 1 aromatic heterocycles. The summed E-state index contributed by atoms with van der Waals surface area (Å²) in [4.78, 5) is 21.1. The number of hydrogen-bond donors (Lipinski definition) is 0. The van der Waals surface area contributed by atoms with Gasteiger partial charge in [-0.2, -0.15) is 23.5 Å². The van der Waals surface area contributed by atoms with E-state index in [-0.39, 0.29) is 5.91 Å². The van der Waals surface area contributed by atoms with Crippen LogP contribution in [0.2, 0.25) is 0 Å². The molecule has 3 heterocycles. The third kappa shape index (κ3) is 4.15. The first-order chi connectivity index (χ1) is 10.3. The average molecular weight is 344 g/mol. The fraction of sp³-hybridized carbons (Fsp3) is 0.714. The lowest BCUT2D eigenvalue weighted by Gasteiger charge is -2.29. The van der Waals surface area contributed by atoms with Crippen LogP contribution < -0.4 is 0 Å². The molecule has 2 fully saturated rings. The maximum absolute atomic E-state index is 12.4. The number of thioether (sulfide) groups is 2. The highest BCUT2D eigenvalue weighted by atomic mass is 32.2. The summed E-state index contributed by atoms with van der Waals surface area (Å²) in [6.45, 7) is 3.82. The monoisotopic (exact) mass is 343 g/mol. The number of aromatic nitrogens is 1. The zero-order valence-corrected chi connectivity index (χ0v) is 14.5. The lowest BCUT2D eigenvalue weighted by molar-refractivity contribution is 0.0754. The van der Waals surface area contributed by atoms with E-state index in [0.717, 1.165) is 32.6 Å². The minimum Gasteiger partial charge on any atom is -0.336 e. The summed E-state index contributed by atoms with van der Waals surface area (Å²) in [6.07, 6.45) is 1.07. The number of thiazole rings is 1. The second kappa shape index (κ2) is 7.85. The molecule has 0 atom stereocenters. The van der Waals surface area contributed by atoms with E-state index >= 15 is 0 Å². The van der Waals surface area contributed by atoms with E-state index in [1.54, 1.807) is 5.51 Å². The van der Waals surface area contributed by atoms with E-state index in [1.165, 1.54) is 34.3 Å². The molecule has 2 aliphatic rings. The van der Waals surface area contributed by atoms with Gasteiger partial charge in [0.05, 0.1) is 5.51 Å². The third-order valence-electron chi connectivity index (χ3n) is 3.98. The van der Waals surface area contributed by atoms with Crippen molar-refractivity contribution < 1.29 is 4.79 Å². The zero-order chi connectivity index (χ0) is 14.5. The molecule has 1 amide bonds. The van der Waals surface area contributed by atoms with Gasteiger partial charge in [0.2, 0.25) is 0 Å². The SMILES string of the molecule is O=C(c1cscn1)N1CCCN(C2CSCCSC2)CC1. The number of nitrogens with zero attached hydrogens (tertiary/aromatic N) is 3. The smallest absolute Gasteiger partial charge is 0.273 e. The lowest BCUT2D eigenvalue weighted by Crippen LogP contribution is -2.42. The van der Waals surface area contributed by atoms with Gasteiger partial charge in [0.1, 0.15) is 5.69 Å². The van der Waals surface area contributed by atoms with Crippen LogP contribution >= 0.6 is 34.9 Å². The predicted octanol–water partition coefficient (Wildman–Crippen LogP) is 2.14. The summed E-state index contributed by atoms with van der Waals surface area (Å²) in [5.41, 5.74) is 2.34. The second-order valence-corrected chi connectivity index (χ2v) is 8.38. The van der Waals surface area contributed by atoms with Crippen LogP contribution in [-0.4, -0.2) is 75.9 Å². The van der Waals surface area contributed by atoms with Gasteiger partial charge >= 0.3 is 0 Å². The van der Waals surface area contributed by atoms with E-state index in [4.69, 9.17) is 0 Å². The van der Waals surface area contributed by atoms with E-state index in [1.807, 2.05) is 10.3 Å². The highest BCUT2D eigenvalue weighted by molar-refractivity contribution is 8.03. The lowest BCUT2D eigenvalue weighted by atomic mass is 10.3. The van der Waals surface area contributed by atoms with Gasteiger partial charge in [0.15, 0.2) is 0 Å². The molecule has 3 rings (SSSR count). The van der Waals surface area contributed by atoms with Crippen molar-refractivity contribution in [2.24, 2.45) is 0 Å². The van der Waals surface area contributed by atoms with Crippen molar-refractivity contribution in [1.29, 1.82) is 0 Å². The Hall–Kier alpha value is -0.240. The Labute approximate surface area is 138 Å². The number of rotatable bonds is 2. The summed E-state index contributed by atoms with van der Waals surface area (Å²) < 4.78 is 0. The normalized spacial score (nSPS) is 22.8. The van der Waals surface area contributed by atoms with Gasteiger partial charge in [-0.25, -0.2) is 4.98 Å². The number of amides is 1. The van der Waals surface area contributed by atoms with Gasteiger partial charge in [-0.15, -0.1) is 11.3 Å².